The van der Waals surface area contributed by atoms with Gasteiger partial charge in [-0.1, -0.05) is 51.5 Å². The number of hydrogen-bond acceptors (Lipinski definition) is 3. The van der Waals surface area contributed by atoms with Gasteiger partial charge in [-0.15, -0.1) is 34.0 Å². The van der Waals surface area contributed by atoms with E-state index in [9.17, 15) is 0 Å². The number of thiophene rings is 3. The molecule has 4 aromatic rings. The van der Waals surface area contributed by atoms with Crippen LogP contribution in [-0.4, -0.2) is 0 Å². The van der Waals surface area contributed by atoms with Gasteiger partial charge in [0, 0.05) is 29.2 Å². The first kappa shape index (κ1) is 22.0. The van der Waals surface area contributed by atoms with Gasteiger partial charge in [0.1, 0.15) is 0 Å². The first-order chi connectivity index (χ1) is 14.6. The lowest BCUT2D eigenvalue weighted by molar-refractivity contribution is 0.670. The van der Waals surface area contributed by atoms with Crippen molar-refractivity contribution in [2.75, 3.05) is 0 Å². The molecule has 0 unspecified atom stereocenters. The zero-order valence-electron chi connectivity index (χ0n) is 18.9. The second-order valence-electron chi connectivity index (χ2n) is 8.70. The van der Waals surface area contributed by atoms with Gasteiger partial charge >= 0.3 is 0 Å². The Morgan fingerprint density at radius 2 is 1.53 bits per heavy atom. The van der Waals surface area contributed by atoms with Gasteiger partial charge in [-0.3, -0.25) is 0 Å². The van der Waals surface area contributed by atoms with Crippen molar-refractivity contribution >= 4 is 69.7 Å². The molecule has 3 heteroatoms. The van der Waals surface area contributed by atoms with Crippen molar-refractivity contribution in [2.45, 2.75) is 85.5 Å². The fraction of sp³-hybridized carbons (Fsp3) is 0.481. The molecule has 0 fully saturated rings. The van der Waals surface area contributed by atoms with E-state index in [1.165, 1.54) is 103 Å². The zero-order valence-corrected chi connectivity index (χ0v) is 21.3. The van der Waals surface area contributed by atoms with Crippen molar-refractivity contribution in [1.29, 1.82) is 0 Å². The van der Waals surface area contributed by atoms with Crippen LogP contribution in [0.3, 0.4) is 0 Å². The van der Waals surface area contributed by atoms with Crippen LogP contribution in [0.5, 0.6) is 0 Å². The topological polar surface area (TPSA) is 0 Å². The van der Waals surface area contributed by atoms with E-state index in [0.29, 0.717) is 0 Å². The number of hydrogen-bond donors (Lipinski definition) is 0. The molecule has 0 aliphatic rings. The molecule has 4 rings (SSSR count). The highest BCUT2D eigenvalue weighted by Crippen LogP contribution is 2.44. The predicted molar refractivity (Wildman–Crippen MR) is 143 cm³/mol. The smallest absolute Gasteiger partial charge is 0.0532 e. The minimum atomic E-state index is 1.23. The number of fused-ring (bicyclic) bond motifs is 4. The number of unbranched alkanes of at least 4 members (excludes halogenated alkanes) is 5. The molecule has 0 bridgehead atoms. The van der Waals surface area contributed by atoms with Crippen LogP contribution in [-0.2, 0) is 6.42 Å². The van der Waals surface area contributed by atoms with Crippen LogP contribution in [0, 0.1) is 6.92 Å². The van der Waals surface area contributed by atoms with E-state index in [-0.39, 0.29) is 0 Å². The summed E-state index contributed by atoms with van der Waals surface area (Å²) < 4.78 is 5.91. The third-order valence-electron chi connectivity index (χ3n) is 6.12. The normalized spacial score (nSPS) is 12.7. The van der Waals surface area contributed by atoms with E-state index < -0.39 is 0 Å². The highest BCUT2D eigenvalue weighted by Gasteiger charge is 2.14. The van der Waals surface area contributed by atoms with E-state index in [1.54, 1.807) is 4.88 Å². The van der Waals surface area contributed by atoms with Crippen LogP contribution in [0.2, 0.25) is 0 Å². The molecule has 30 heavy (non-hydrogen) atoms. The Bertz CT molecular complexity index is 1170. The summed E-state index contributed by atoms with van der Waals surface area (Å²) in [6, 6.07) is 7.40. The van der Waals surface area contributed by atoms with E-state index >= 15 is 0 Å². The van der Waals surface area contributed by atoms with Crippen molar-refractivity contribution in [3.05, 3.63) is 39.1 Å². The molecule has 0 N–H and O–H groups in total. The van der Waals surface area contributed by atoms with Crippen LogP contribution in [0.4, 0.5) is 0 Å². The molecule has 0 amide bonds. The summed E-state index contributed by atoms with van der Waals surface area (Å²) in [6.07, 6.45) is 14.3. The van der Waals surface area contributed by atoms with Crippen molar-refractivity contribution in [3.63, 3.8) is 0 Å². The molecule has 160 valence electrons. The summed E-state index contributed by atoms with van der Waals surface area (Å²) in [6.45, 7) is 9.17. The molecule has 0 saturated heterocycles. The maximum atomic E-state index is 2.47. The van der Waals surface area contributed by atoms with Crippen molar-refractivity contribution in [1.82, 2.24) is 0 Å². The molecule has 0 radical (unpaired) electrons. The molecule has 0 aliphatic heterocycles. The van der Waals surface area contributed by atoms with Crippen molar-refractivity contribution in [2.24, 2.45) is 0 Å². The summed E-state index contributed by atoms with van der Waals surface area (Å²) in [7, 11) is 0. The van der Waals surface area contributed by atoms with Crippen molar-refractivity contribution in [3.8, 4) is 0 Å². The Kier molecular flexibility index (Phi) is 7.33. The Labute approximate surface area is 193 Å². The van der Waals surface area contributed by atoms with Crippen LogP contribution < -0.4 is 0 Å². The molecule has 1 aromatic carbocycles. The monoisotopic (exact) mass is 454 g/mol. The Morgan fingerprint density at radius 3 is 2.33 bits per heavy atom. The fourth-order valence-electron chi connectivity index (χ4n) is 4.27. The first-order valence-electron chi connectivity index (χ1n) is 11.7. The zero-order chi connectivity index (χ0) is 21.1. The van der Waals surface area contributed by atoms with Crippen molar-refractivity contribution < 1.29 is 0 Å². The summed E-state index contributed by atoms with van der Waals surface area (Å²) in [5, 5.41) is 2.93. The summed E-state index contributed by atoms with van der Waals surface area (Å²) >= 11 is 6.00. The molecule has 0 spiro atoms. The number of benzene rings is 1. The largest absolute Gasteiger partial charge is 0.139 e. The van der Waals surface area contributed by atoms with Crippen LogP contribution in [0.25, 0.3) is 35.6 Å². The van der Waals surface area contributed by atoms with Gasteiger partial charge in [-0.05, 0) is 74.8 Å². The second-order valence-corrected chi connectivity index (χ2v) is 12.0. The molecular formula is C27H34S3. The minimum absolute atomic E-state index is 1.23. The number of rotatable bonds is 10. The Hall–Kier alpha value is -1.16. The Balaban J connectivity index is 1.63. The van der Waals surface area contributed by atoms with Gasteiger partial charge in [0.15, 0.2) is 0 Å². The maximum absolute atomic E-state index is 2.47. The lowest BCUT2D eigenvalue weighted by Gasteiger charge is -2.00. The van der Waals surface area contributed by atoms with Gasteiger partial charge in [0.2, 0.25) is 0 Å². The van der Waals surface area contributed by atoms with Gasteiger partial charge < -0.3 is 0 Å². The van der Waals surface area contributed by atoms with E-state index in [2.05, 4.69) is 52.0 Å². The van der Waals surface area contributed by atoms with Gasteiger partial charge in [0.25, 0.3) is 0 Å². The molecule has 3 heterocycles. The van der Waals surface area contributed by atoms with Crippen LogP contribution in [0.15, 0.2) is 23.8 Å². The van der Waals surface area contributed by atoms with Crippen LogP contribution in [0.1, 0.15) is 87.5 Å². The molecule has 0 aliphatic carbocycles. The number of allylic oxidation sites excluding steroid dienone is 1. The standard InChI is InChI=1S/C27H34S3/c1-5-7-9-11-13-20-15-26-27(28-20)22-17-24-21(16-25(22)30-26)19(4)23(29-24)14-18(3)12-10-8-6-2/h14-17H,5-13H2,1-4H3/b18-14+. The first-order valence-corrected chi connectivity index (χ1v) is 14.1. The third kappa shape index (κ3) is 4.69. The summed E-state index contributed by atoms with van der Waals surface area (Å²) in [4.78, 5) is 3.03. The highest BCUT2D eigenvalue weighted by molar-refractivity contribution is 7.32. The molecular weight excluding hydrogens is 420 g/mol. The predicted octanol–water partition coefficient (Wildman–Crippen LogP) is 10.7. The van der Waals surface area contributed by atoms with Gasteiger partial charge in [-0.25, -0.2) is 0 Å². The third-order valence-corrected chi connectivity index (χ3v) is 9.78. The lowest BCUT2D eigenvalue weighted by Crippen LogP contribution is -1.80. The maximum Gasteiger partial charge on any atom is 0.0532 e. The SMILES string of the molecule is CCCCCCc1cc2sc3cc4c(C)c(/C=C(\C)CCCCC)sc4cc3c2s1. The summed E-state index contributed by atoms with van der Waals surface area (Å²) in [5.74, 6) is 0. The van der Waals surface area contributed by atoms with E-state index in [0.717, 1.165) is 0 Å². The fourth-order valence-corrected chi connectivity index (χ4v) is 8.13. The quantitative estimate of drug-likeness (QED) is 0.209. The van der Waals surface area contributed by atoms with Gasteiger partial charge in [-0.2, -0.15) is 0 Å². The van der Waals surface area contributed by atoms with E-state index in [4.69, 9.17) is 0 Å². The van der Waals surface area contributed by atoms with E-state index in [1.807, 2.05) is 34.0 Å². The lowest BCUT2D eigenvalue weighted by atomic mass is 10.1. The molecule has 3 aromatic heterocycles. The van der Waals surface area contributed by atoms with Gasteiger partial charge in [0.05, 0.1) is 4.70 Å². The highest BCUT2D eigenvalue weighted by atomic mass is 32.1. The Morgan fingerprint density at radius 1 is 0.800 bits per heavy atom. The molecule has 0 nitrogen and oxygen atoms in total. The average Bonchev–Trinajstić information content (AvgIpc) is 3.36. The number of aryl methyl sites for hydroxylation is 2. The average molecular weight is 455 g/mol. The molecule has 0 saturated carbocycles. The summed E-state index contributed by atoms with van der Waals surface area (Å²) in [5.41, 5.74) is 2.98. The minimum Gasteiger partial charge on any atom is -0.139 e. The van der Waals surface area contributed by atoms with Crippen LogP contribution >= 0.6 is 34.0 Å². The molecule has 0 atom stereocenters. The second kappa shape index (κ2) is 9.97.